The van der Waals surface area contributed by atoms with Crippen LogP contribution in [0.4, 0.5) is 14.5 Å². The highest BCUT2D eigenvalue weighted by Gasteiger charge is 2.05. The van der Waals surface area contributed by atoms with E-state index in [-0.39, 0.29) is 23.9 Å². The second-order valence-corrected chi connectivity index (χ2v) is 4.50. The second kappa shape index (κ2) is 8.55. The first-order valence-corrected chi connectivity index (χ1v) is 6.45. The average molecular weight is 302 g/mol. The molecule has 0 bridgehead atoms. The zero-order valence-corrected chi connectivity index (χ0v) is 11.6. The van der Waals surface area contributed by atoms with Gasteiger partial charge in [0.05, 0.1) is 0 Å². The number of halogens is 2. The molecule has 20 heavy (non-hydrogen) atoms. The molecule has 1 amide bonds. The van der Waals surface area contributed by atoms with Crippen LogP contribution < -0.4 is 11.1 Å². The zero-order chi connectivity index (χ0) is 15.0. The number of benzene rings is 1. The third-order valence-corrected chi connectivity index (χ3v) is 2.60. The van der Waals surface area contributed by atoms with Gasteiger partial charge in [0.15, 0.2) is 0 Å². The van der Waals surface area contributed by atoms with Crippen LogP contribution in [0.25, 0.3) is 0 Å². The number of thiocarbonyl (C=S) groups is 1. The van der Waals surface area contributed by atoms with E-state index in [1.54, 1.807) is 24.3 Å². The molecule has 4 nitrogen and oxygen atoms in total. The fourth-order valence-corrected chi connectivity index (χ4v) is 1.61. The minimum Gasteiger partial charge on any atom is -0.389 e. The first kappa shape index (κ1) is 16.5. The number of ether oxygens (including phenoxy) is 1. The van der Waals surface area contributed by atoms with E-state index in [4.69, 9.17) is 18.0 Å². The van der Waals surface area contributed by atoms with E-state index >= 15 is 0 Å². The molecular weight excluding hydrogens is 286 g/mol. The molecule has 0 aliphatic rings. The van der Waals surface area contributed by atoms with Crippen LogP contribution in [0.5, 0.6) is 0 Å². The number of hydrogen-bond acceptors (Lipinski definition) is 3. The third kappa shape index (κ3) is 6.53. The molecule has 0 fully saturated rings. The van der Waals surface area contributed by atoms with Gasteiger partial charge in [0, 0.05) is 24.3 Å². The fourth-order valence-electron chi connectivity index (χ4n) is 1.48. The van der Waals surface area contributed by atoms with E-state index in [9.17, 15) is 13.6 Å². The Balaban J connectivity index is 2.32. The number of nitrogens with one attached hydrogen (secondary N) is 1. The normalized spacial score (nSPS) is 10.6. The molecule has 0 spiro atoms. The van der Waals surface area contributed by atoms with E-state index < -0.39 is 13.0 Å². The van der Waals surface area contributed by atoms with Crippen LogP contribution in [0, 0.1) is 0 Å². The quantitative estimate of drug-likeness (QED) is 0.571. The maximum atomic E-state index is 11.8. The van der Waals surface area contributed by atoms with Gasteiger partial charge in [-0.1, -0.05) is 24.4 Å². The smallest absolute Gasteiger partial charge is 0.261 e. The first-order chi connectivity index (χ1) is 9.49. The summed E-state index contributed by atoms with van der Waals surface area (Å²) in [6.07, 6.45) is -1.90. The number of anilines is 1. The lowest BCUT2D eigenvalue weighted by Gasteiger charge is -2.07. The number of amides is 1. The van der Waals surface area contributed by atoms with E-state index in [0.29, 0.717) is 17.7 Å². The maximum Gasteiger partial charge on any atom is 0.261 e. The van der Waals surface area contributed by atoms with Crippen LogP contribution in [0.3, 0.4) is 0 Å². The molecule has 0 aromatic heterocycles. The van der Waals surface area contributed by atoms with Crippen LogP contribution in [-0.2, 0) is 9.53 Å². The first-order valence-electron chi connectivity index (χ1n) is 6.04. The van der Waals surface area contributed by atoms with Crippen molar-refractivity contribution in [3.8, 4) is 0 Å². The van der Waals surface area contributed by atoms with Gasteiger partial charge in [0.2, 0.25) is 5.91 Å². The summed E-state index contributed by atoms with van der Waals surface area (Å²) in [4.78, 5) is 11.9. The van der Waals surface area contributed by atoms with Crippen molar-refractivity contribution in [1.29, 1.82) is 0 Å². The van der Waals surface area contributed by atoms with Crippen molar-refractivity contribution >= 4 is 28.8 Å². The third-order valence-electron chi connectivity index (χ3n) is 2.37. The average Bonchev–Trinajstić information content (AvgIpc) is 2.38. The Hall–Kier alpha value is -1.60. The predicted molar refractivity (Wildman–Crippen MR) is 77.0 cm³/mol. The number of carbonyl (C=O) groups excluding carboxylic acids is 1. The summed E-state index contributed by atoms with van der Waals surface area (Å²) in [6.45, 7) is -0.470. The van der Waals surface area contributed by atoms with Crippen molar-refractivity contribution < 1.29 is 18.3 Å². The maximum absolute atomic E-state index is 11.8. The van der Waals surface area contributed by atoms with Crippen LogP contribution in [-0.4, -0.2) is 30.5 Å². The molecule has 110 valence electrons. The highest BCUT2D eigenvalue weighted by Crippen LogP contribution is 2.11. The summed E-state index contributed by atoms with van der Waals surface area (Å²) in [5.74, 6) is -0.217. The molecule has 0 aliphatic carbocycles. The van der Waals surface area contributed by atoms with Gasteiger partial charge in [0.25, 0.3) is 6.43 Å². The summed E-state index contributed by atoms with van der Waals surface area (Å²) in [5, 5.41) is 2.68. The van der Waals surface area contributed by atoms with Gasteiger partial charge in [-0.15, -0.1) is 0 Å². The van der Waals surface area contributed by atoms with Crippen molar-refractivity contribution in [3.05, 3.63) is 29.8 Å². The second-order valence-electron chi connectivity index (χ2n) is 4.06. The van der Waals surface area contributed by atoms with Crippen LogP contribution in [0.1, 0.15) is 18.4 Å². The van der Waals surface area contributed by atoms with Gasteiger partial charge in [0.1, 0.15) is 11.6 Å². The zero-order valence-electron chi connectivity index (χ0n) is 10.8. The van der Waals surface area contributed by atoms with Crippen LogP contribution in [0.2, 0.25) is 0 Å². The van der Waals surface area contributed by atoms with Gasteiger partial charge in [-0.3, -0.25) is 4.79 Å². The monoisotopic (exact) mass is 302 g/mol. The lowest BCUT2D eigenvalue weighted by Crippen LogP contribution is -2.14. The molecule has 0 heterocycles. The molecule has 0 unspecified atom stereocenters. The van der Waals surface area contributed by atoms with Crippen molar-refractivity contribution in [3.63, 3.8) is 0 Å². The Morgan fingerprint density at radius 1 is 1.45 bits per heavy atom. The molecule has 7 heteroatoms. The lowest BCUT2D eigenvalue weighted by molar-refractivity contribution is -0.116. The highest BCUT2D eigenvalue weighted by molar-refractivity contribution is 7.80. The summed E-state index contributed by atoms with van der Waals surface area (Å²) >= 11 is 4.84. The highest BCUT2D eigenvalue weighted by atomic mass is 32.1. The van der Waals surface area contributed by atoms with Crippen molar-refractivity contribution in [2.45, 2.75) is 19.3 Å². The predicted octanol–water partition coefficient (Wildman–Crippen LogP) is 2.32. The van der Waals surface area contributed by atoms with E-state index in [1.165, 1.54) is 0 Å². The largest absolute Gasteiger partial charge is 0.389 e. The Morgan fingerprint density at radius 2 is 2.20 bits per heavy atom. The molecule has 1 aromatic carbocycles. The van der Waals surface area contributed by atoms with Gasteiger partial charge >= 0.3 is 0 Å². The summed E-state index contributed by atoms with van der Waals surface area (Å²) in [7, 11) is 0. The number of alkyl halides is 2. The molecule has 0 atom stereocenters. The number of carbonyl (C=O) groups is 1. The molecule has 0 saturated heterocycles. The van der Waals surface area contributed by atoms with Crippen molar-refractivity contribution in [1.82, 2.24) is 0 Å². The van der Waals surface area contributed by atoms with Gasteiger partial charge < -0.3 is 15.8 Å². The Morgan fingerprint density at radius 3 is 2.85 bits per heavy atom. The standard InChI is InChI=1S/C13H16F2N2O2S/c14-11(15)8-19-6-2-5-12(18)17-10-4-1-3-9(7-10)13(16)20/h1,3-4,7,11H,2,5-6,8H2,(H2,16,20)(H,17,18). The van der Waals surface area contributed by atoms with E-state index in [1.807, 2.05) is 0 Å². The van der Waals surface area contributed by atoms with E-state index in [0.717, 1.165) is 0 Å². The van der Waals surface area contributed by atoms with Crippen molar-refractivity contribution in [2.75, 3.05) is 18.5 Å². The molecular formula is C13H16F2N2O2S. The SMILES string of the molecule is NC(=S)c1cccc(NC(=O)CCCOCC(F)F)c1. The number of nitrogens with two attached hydrogens (primary N) is 1. The van der Waals surface area contributed by atoms with Gasteiger partial charge in [-0.05, 0) is 18.6 Å². The minimum atomic E-state index is -2.48. The summed E-state index contributed by atoms with van der Waals surface area (Å²) in [5.41, 5.74) is 6.75. The molecule has 0 radical (unpaired) electrons. The Labute approximate surface area is 121 Å². The van der Waals surface area contributed by atoms with Crippen molar-refractivity contribution in [2.24, 2.45) is 5.73 Å². The van der Waals surface area contributed by atoms with Crippen LogP contribution >= 0.6 is 12.2 Å². The minimum absolute atomic E-state index is 0.130. The Kier molecular flexibility index (Phi) is 7.03. The Bertz CT molecular complexity index is 469. The lowest BCUT2D eigenvalue weighted by atomic mass is 10.2. The van der Waals surface area contributed by atoms with Gasteiger partial charge in [-0.2, -0.15) is 0 Å². The summed E-state index contributed by atoms with van der Waals surface area (Å²) < 4.78 is 28.3. The van der Waals surface area contributed by atoms with Gasteiger partial charge in [-0.25, -0.2) is 8.78 Å². The summed E-state index contributed by atoms with van der Waals surface area (Å²) in [6, 6.07) is 6.87. The fraction of sp³-hybridized carbons (Fsp3) is 0.385. The number of hydrogen-bond donors (Lipinski definition) is 2. The molecule has 0 saturated carbocycles. The molecule has 0 aliphatic heterocycles. The van der Waals surface area contributed by atoms with Crippen LogP contribution in [0.15, 0.2) is 24.3 Å². The molecule has 3 N–H and O–H groups in total. The van der Waals surface area contributed by atoms with E-state index in [2.05, 4.69) is 10.1 Å². The number of rotatable bonds is 8. The topological polar surface area (TPSA) is 64.3 Å². The molecule has 1 aromatic rings. The molecule has 1 rings (SSSR count).